The van der Waals surface area contributed by atoms with E-state index in [1.807, 2.05) is 34.9 Å². The van der Waals surface area contributed by atoms with Crippen LogP contribution in [0.5, 0.6) is 0 Å². The number of benzene rings is 2. The summed E-state index contributed by atoms with van der Waals surface area (Å²) in [6.07, 6.45) is 2.83. The zero-order chi connectivity index (χ0) is 23.2. The molecular weight excluding hydrogens is 456 g/mol. The van der Waals surface area contributed by atoms with E-state index in [0.717, 1.165) is 26.5 Å². The molecule has 0 amide bonds. The van der Waals surface area contributed by atoms with E-state index < -0.39 is 11.4 Å². The standard InChI is InChI=1S/C26H25ClN2O3S/c1-16(2)21-14-24-28-23(27)15-29(24)22-13-19(6-7-20(21)22)33-18-5-3-4-17(12-18)26(25(30)31)8-10-32-11-9-26/h3-7,12-16H,8-11H2,1-2H3,(H,30,31). The van der Waals surface area contributed by atoms with Gasteiger partial charge in [0.15, 0.2) is 0 Å². The first-order chi connectivity index (χ1) is 15.9. The Balaban J connectivity index is 1.55. The third-order valence-corrected chi connectivity index (χ3v) is 7.69. The third kappa shape index (κ3) is 4.01. The Morgan fingerprint density at radius 2 is 1.91 bits per heavy atom. The molecule has 0 bridgehead atoms. The summed E-state index contributed by atoms with van der Waals surface area (Å²) >= 11 is 7.85. The lowest BCUT2D eigenvalue weighted by Gasteiger charge is -2.33. The number of fused-ring (bicyclic) bond motifs is 3. The smallest absolute Gasteiger partial charge is 0.314 e. The lowest BCUT2D eigenvalue weighted by atomic mass is 9.74. The van der Waals surface area contributed by atoms with E-state index in [1.165, 1.54) is 10.9 Å². The molecule has 3 heterocycles. The van der Waals surface area contributed by atoms with Crippen molar-refractivity contribution in [1.29, 1.82) is 0 Å². The highest BCUT2D eigenvalue weighted by Crippen LogP contribution is 2.39. The lowest BCUT2D eigenvalue weighted by Crippen LogP contribution is -2.41. The second-order valence-electron chi connectivity index (χ2n) is 8.85. The molecule has 5 nitrogen and oxygen atoms in total. The van der Waals surface area contributed by atoms with Crippen LogP contribution < -0.4 is 0 Å². The molecule has 1 fully saturated rings. The lowest BCUT2D eigenvalue weighted by molar-refractivity contribution is -0.147. The molecule has 2 aromatic heterocycles. The van der Waals surface area contributed by atoms with E-state index in [0.29, 0.717) is 37.1 Å². The number of carboxylic acids is 1. The van der Waals surface area contributed by atoms with E-state index in [4.69, 9.17) is 16.3 Å². The minimum absolute atomic E-state index is 0.356. The van der Waals surface area contributed by atoms with E-state index >= 15 is 0 Å². The van der Waals surface area contributed by atoms with Crippen molar-refractivity contribution in [3.63, 3.8) is 0 Å². The van der Waals surface area contributed by atoms with Crippen molar-refractivity contribution in [2.75, 3.05) is 13.2 Å². The molecule has 0 aliphatic carbocycles. The molecule has 2 aromatic carbocycles. The van der Waals surface area contributed by atoms with Gasteiger partial charge in [-0.25, -0.2) is 4.98 Å². The number of hydrogen-bond acceptors (Lipinski definition) is 4. The highest BCUT2D eigenvalue weighted by Gasteiger charge is 2.42. The number of carbonyl (C=O) groups is 1. The van der Waals surface area contributed by atoms with Gasteiger partial charge in [-0.15, -0.1) is 0 Å². The molecule has 0 atom stereocenters. The maximum absolute atomic E-state index is 12.2. The first kappa shape index (κ1) is 22.3. The average Bonchev–Trinajstić information content (AvgIpc) is 3.19. The van der Waals surface area contributed by atoms with Crippen LogP contribution in [0.15, 0.2) is 64.5 Å². The number of pyridine rings is 1. The Kier molecular flexibility index (Phi) is 5.85. The van der Waals surface area contributed by atoms with Gasteiger partial charge in [-0.05, 0) is 60.2 Å². The van der Waals surface area contributed by atoms with E-state index in [2.05, 4.69) is 43.1 Å². The van der Waals surface area contributed by atoms with E-state index in [1.54, 1.807) is 11.8 Å². The van der Waals surface area contributed by atoms with Crippen molar-refractivity contribution >= 4 is 45.9 Å². The number of aromatic nitrogens is 2. The third-order valence-electron chi connectivity index (χ3n) is 6.53. The van der Waals surface area contributed by atoms with Gasteiger partial charge in [-0.3, -0.25) is 9.20 Å². The summed E-state index contributed by atoms with van der Waals surface area (Å²) < 4.78 is 7.47. The number of aliphatic carboxylic acids is 1. The molecule has 0 radical (unpaired) electrons. The van der Waals surface area contributed by atoms with Crippen LogP contribution in [0.25, 0.3) is 16.6 Å². The van der Waals surface area contributed by atoms with Crippen LogP contribution in [0.1, 0.15) is 43.7 Å². The van der Waals surface area contributed by atoms with Crippen LogP contribution in [0.2, 0.25) is 5.15 Å². The monoisotopic (exact) mass is 480 g/mol. The highest BCUT2D eigenvalue weighted by atomic mass is 35.5. The zero-order valence-electron chi connectivity index (χ0n) is 18.5. The largest absolute Gasteiger partial charge is 0.481 e. The molecule has 0 unspecified atom stereocenters. The fourth-order valence-electron chi connectivity index (χ4n) is 4.71. The Bertz CT molecular complexity index is 1360. The molecule has 0 spiro atoms. The molecule has 7 heteroatoms. The Hall–Kier alpha value is -2.54. The van der Waals surface area contributed by atoms with Crippen molar-refractivity contribution in [3.05, 3.63) is 71.0 Å². The van der Waals surface area contributed by atoms with Gasteiger partial charge in [0, 0.05) is 34.6 Å². The zero-order valence-corrected chi connectivity index (χ0v) is 20.1. The Labute approximate surface area is 201 Å². The maximum Gasteiger partial charge on any atom is 0.314 e. The van der Waals surface area contributed by atoms with Crippen LogP contribution in [0.4, 0.5) is 0 Å². The summed E-state index contributed by atoms with van der Waals surface area (Å²) in [7, 11) is 0. The number of imidazole rings is 1. The molecule has 4 aromatic rings. The SMILES string of the molecule is CC(C)c1cc2nc(Cl)cn2c2cc(Sc3cccc(C4(C(=O)O)CCOCC4)c3)ccc12. The van der Waals surface area contributed by atoms with Gasteiger partial charge in [0.1, 0.15) is 10.8 Å². The first-order valence-corrected chi connectivity index (χ1v) is 12.3. The summed E-state index contributed by atoms with van der Waals surface area (Å²) in [5, 5.41) is 11.7. The number of nitrogens with zero attached hydrogens (tertiary/aromatic N) is 2. The fourth-order valence-corrected chi connectivity index (χ4v) is 5.81. The van der Waals surface area contributed by atoms with Gasteiger partial charge >= 0.3 is 5.97 Å². The quantitative estimate of drug-likeness (QED) is 0.351. The number of carboxylic acid groups (broad SMARTS) is 1. The van der Waals surface area contributed by atoms with Crippen LogP contribution in [-0.2, 0) is 14.9 Å². The van der Waals surface area contributed by atoms with Gasteiger partial charge in [0.05, 0.1) is 10.9 Å². The normalized spacial score (nSPS) is 16.0. The van der Waals surface area contributed by atoms with Crippen molar-refractivity contribution < 1.29 is 14.6 Å². The Morgan fingerprint density at radius 3 is 2.64 bits per heavy atom. The predicted molar refractivity (Wildman–Crippen MR) is 132 cm³/mol. The van der Waals surface area contributed by atoms with Crippen LogP contribution in [0, 0.1) is 0 Å². The maximum atomic E-state index is 12.2. The number of halogens is 1. The van der Waals surface area contributed by atoms with E-state index in [-0.39, 0.29) is 0 Å². The summed E-state index contributed by atoms with van der Waals surface area (Å²) in [5.74, 6) is -0.422. The van der Waals surface area contributed by atoms with Gasteiger partial charge < -0.3 is 9.84 Å². The number of hydrogen-bond donors (Lipinski definition) is 1. The molecule has 1 saturated heterocycles. The van der Waals surface area contributed by atoms with Gasteiger partial charge in [0.2, 0.25) is 0 Å². The van der Waals surface area contributed by atoms with Gasteiger partial charge in [0.25, 0.3) is 0 Å². The molecule has 0 saturated carbocycles. The fraction of sp³-hybridized carbons (Fsp3) is 0.308. The first-order valence-electron chi connectivity index (χ1n) is 11.1. The molecular formula is C26H25ClN2O3S. The van der Waals surface area contributed by atoms with Crippen molar-refractivity contribution in [2.24, 2.45) is 0 Å². The summed E-state index contributed by atoms with van der Waals surface area (Å²) in [4.78, 5) is 18.8. The molecule has 1 N–H and O–H groups in total. The summed E-state index contributed by atoms with van der Waals surface area (Å²) in [6, 6.07) is 16.5. The van der Waals surface area contributed by atoms with Crippen molar-refractivity contribution in [1.82, 2.24) is 9.38 Å². The molecule has 5 rings (SSSR count). The second-order valence-corrected chi connectivity index (χ2v) is 10.4. The van der Waals surface area contributed by atoms with Gasteiger partial charge in [-0.1, -0.05) is 55.4 Å². The topological polar surface area (TPSA) is 63.8 Å². The van der Waals surface area contributed by atoms with Crippen LogP contribution in [-0.4, -0.2) is 33.7 Å². The number of rotatable bonds is 5. The van der Waals surface area contributed by atoms with E-state index in [9.17, 15) is 9.90 Å². The second kappa shape index (κ2) is 8.67. The molecule has 33 heavy (non-hydrogen) atoms. The average molecular weight is 481 g/mol. The predicted octanol–water partition coefficient (Wildman–Crippen LogP) is 6.55. The van der Waals surface area contributed by atoms with Crippen LogP contribution >= 0.6 is 23.4 Å². The highest BCUT2D eigenvalue weighted by molar-refractivity contribution is 7.99. The minimum Gasteiger partial charge on any atom is -0.481 e. The number of ether oxygens (including phenoxy) is 1. The van der Waals surface area contributed by atoms with Crippen LogP contribution in [0.3, 0.4) is 0 Å². The molecule has 1 aliphatic heterocycles. The molecule has 170 valence electrons. The minimum atomic E-state index is -0.885. The van der Waals surface area contributed by atoms with Crippen molar-refractivity contribution in [3.8, 4) is 0 Å². The summed E-state index contributed by atoms with van der Waals surface area (Å²) in [6.45, 7) is 5.29. The molecule has 1 aliphatic rings. The van der Waals surface area contributed by atoms with Crippen molar-refractivity contribution in [2.45, 2.75) is 47.8 Å². The van der Waals surface area contributed by atoms with Gasteiger partial charge in [-0.2, -0.15) is 0 Å². The Morgan fingerprint density at radius 1 is 1.15 bits per heavy atom. The summed E-state index contributed by atoms with van der Waals surface area (Å²) in [5.41, 5.74) is 3.09.